The zero-order chi connectivity index (χ0) is 14.2. The molecule has 7 heteroatoms. The summed E-state index contributed by atoms with van der Waals surface area (Å²) in [5, 5.41) is 3.63. The molecule has 0 amide bonds. The van der Waals surface area contributed by atoms with E-state index in [0.29, 0.717) is 5.13 Å². The predicted octanol–water partition coefficient (Wildman–Crippen LogP) is 2.61. The molecule has 3 rings (SSSR count). The van der Waals surface area contributed by atoms with E-state index in [0.717, 1.165) is 30.0 Å². The van der Waals surface area contributed by atoms with Crippen LogP contribution in [0.15, 0.2) is 29.3 Å². The maximum Gasteiger partial charge on any atom is 0.263 e. The summed E-state index contributed by atoms with van der Waals surface area (Å²) < 4.78 is 27.2. The summed E-state index contributed by atoms with van der Waals surface area (Å²) in [6.45, 7) is 2.77. The normalized spacial score (nSPS) is 14.4. The molecule has 0 saturated heterocycles. The smallest absolute Gasteiger partial charge is 0.263 e. The molecule has 1 aromatic heterocycles. The highest BCUT2D eigenvalue weighted by atomic mass is 32.2. The van der Waals surface area contributed by atoms with Gasteiger partial charge in [0.05, 0.1) is 4.90 Å². The van der Waals surface area contributed by atoms with Crippen molar-refractivity contribution in [3.8, 4) is 0 Å². The van der Waals surface area contributed by atoms with Gasteiger partial charge in [0.2, 0.25) is 0 Å². The van der Waals surface area contributed by atoms with Gasteiger partial charge in [0.1, 0.15) is 0 Å². The fourth-order valence-electron chi connectivity index (χ4n) is 2.18. The van der Waals surface area contributed by atoms with E-state index in [2.05, 4.69) is 15.0 Å². The number of aromatic nitrogens is 1. The second-order valence-electron chi connectivity index (χ2n) is 4.73. The molecule has 2 heterocycles. The topological polar surface area (TPSA) is 71.1 Å². The lowest BCUT2D eigenvalue weighted by Crippen LogP contribution is -2.16. The maximum absolute atomic E-state index is 12.3. The summed E-state index contributed by atoms with van der Waals surface area (Å²) in [5.74, 6) is 0. The van der Waals surface area contributed by atoms with Crippen molar-refractivity contribution < 1.29 is 8.42 Å². The number of rotatable bonds is 3. The molecule has 0 spiro atoms. The number of fused-ring (bicyclic) bond motifs is 1. The quantitative estimate of drug-likeness (QED) is 0.914. The molecule has 106 valence electrons. The molecule has 1 aliphatic heterocycles. The van der Waals surface area contributed by atoms with Gasteiger partial charge in [-0.2, -0.15) is 0 Å². The van der Waals surface area contributed by atoms with Crippen LogP contribution >= 0.6 is 11.3 Å². The molecule has 0 atom stereocenters. The van der Waals surface area contributed by atoms with Crippen LogP contribution < -0.4 is 10.0 Å². The van der Waals surface area contributed by atoms with Crippen molar-refractivity contribution in [3.63, 3.8) is 0 Å². The van der Waals surface area contributed by atoms with Crippen LogP contribution in [-0.4, -0.2) is 19.9 Å². The van der Waals surface area contributed by atoms with E-state index in [-0.39, 0.29) is 4.90 Å². The average Bonchev–Trinajstić information content (AvgIpc) is 2.83. The van der Waals surface area contributed by atoms with E-state index in [4.69, 9.17) is 0 Å². The maximum atomic E-state index is 12.3. The number of aryl methyl sites for hydroxylation is 2. The van der Waals surface area contributed by atoms with E-state index in [9.17, 15) is 8.42 Å². The number of hydrogen-bond acceptors (Lipinski definition) is 5. The first-order valence-corrected chi connectivity index (χ1v) is 8.67. The molecule has 1 aliphatic rings. The van der Waals surface area contributed by atoms with Gasteiger partial charge in [-0.05, 0) is 37.5 Å². The number of hydrogen-bond donors (Lipinski definition) is 2. The second kappa shape index (κ2) is 5.06. The average molecular weight is 309 g/mol. The summed E-state index contributed by atoms with van der Waals surface area (Å²) in [5.41, 5.74) is 2.08. The Morgan fingerprint density at radius 3 is 3.00 bits per heavy atom. The third kappa shape index (κ3) is 2.64. The first-order valence-electron chi connectivity index (χ1n) is 6.37. The van der Waals surface area contributed by atoms with E-state index in [1.54, 1.807) is 18.3 Å². The van der Waals surface area contributed by atoms with E-state index in [1.165, 1.54) is 16.9 Å². The molecule has 0 aliphatic carbocycles. The predicted molar refractivity (Wildman–Crippen MR) is 80.9 cm³/mol. The minimum Gasteiger partial charge on any atom is -0.385 e. The number of nitrogens with zero attached hydrogens (tertiary/aromatic N) is 1. The molecule has 1 aromatic carbocycles. The fourth-order valence-corrected chi connectivity index (χ4v) is 4.12. The van der Waals surface area contributed by atoms with Gasteiger partial charge in [0.15, 0.2) is 5.13 Å². The number of nitrogens with one attached hydrogen (secondary N) is 2. The van der Waals surface area contributed by atoms with Crippen molar-refractivity contribution in [1.29, 1.82) is 0 Å². The Labute approximate surface area is 122 Å². The third-order valence-corrected chi connectivity index (χ3v) is 5.47. The SMILES string of the molecule is Cc1cnc(NS(=O)(=O)c2ccc3c(c2)NCCC3)s1. The largest absolute Gasteiger partial charge is 0.385 e. The summed E-state index contributed by atoms with van der Waals surface area (Å²) in [6, 6.07) is 5.22. The summed E-state index contributed by atoms with van der Waals surface area (Å²) >= 11 is 1.32. The molecule has 0 radical (unpaired) electrons. The van der Waals surface area contributed by atoms with Crippen molar-refractivity contribution >= 4 is 32.2 Å². The second-order valence-corrected chi connectivity index (χ2v) is 7.65. The highest BCUT2D eigenvalue weighted by molar-refractivity contribution is 7.93. The molecular weight excluding hydrogens is 294 g/mol. The minimum atomic E-state index is -3.58. The highest BCUT2D eigenvalue weighted by Crippen LogP contribution is 2.27. The lowest BCUT2D eigenvalue weighted by molar-refractivity contribution is 0.601. The molecular formula is C13H15N3O2S2. The van der Waals surface area contributed by atoms with Gasteiger partial charge in [-0.1, -0.05) is 6.07 Å². The number of sulfonamides is 1. The van der Waals surface area contributed by atoms with Crippen LogP contribution in [0.5, 0.6) is 0 Å². The van der Waals surface area contributed by atoms with Crippen molar-refractivity contribution in [1.82, 2.24) is 4.98 Å². The van der Waals surface area contributed by atoms with Crippen LogP contribution in [0, 0.1) is 6.92 Å². The third-order valence-electron chi connectivity index (χ3n) is 3.17. The fraction of sp³-hybridized carbons (Fsp3) is 0.308. The van der Waals surface area contributed by atoms with Crippen LogP contribution in [0.4, 0.5) is 10.8 Å². The van der Waals surface area contributed by atoms with Gasteiger partial charge in [-0.15, -0.1) is 11.3 Å². The molecule has 20 heavy (non-hydrogen) atoms. The van der Waals surface area contributed by atoms with Crippen molar-refractivity contribution in [2.75, 3.05) is 16.6 Å². The number of thiazole rings is 1. The van der Waals surface area contributed by atoms with Crippen LogP contribution in [0.25, 0.3) is 0 Å². The standard InChI is InChI=1S/C13H15N3O2S2/c1-9-8-15-13(19-9)16-20(17,18)11-5-4-10-3-2-6-14-12(10)7-11/h4-5,7-8,14H,2-3,6H2,1H3,(H,15,16). The Morgan fingerprint density at radius 1 is 1.40 bits per heavy atom. The Morgan fingerprint density at radius 2 is 2.25 bits per heavy atom. The zero-order valence-corrected chi connectivity index (χ0v) is 12.6. The van der Waals surface area contributed by atoms with E-state index in [1.807, 2.05) is 13.0 Å². The summed E-state index contributed by atoms with van der Waals surface area (Å²) in [6.07, 6.45) is 3.72. The van der Waals surface area contributed by atoms with Crippen LogP contribution in [0.1, 0.15) is 16.9 Å². The van der Waals surface area contributed by atoms with Gasteiger partial charge in [0.25, 0.3) is 10.0 Å². The van der Waals surface area contributed by atoms with Crippen LogP contribution in [0.2, 0.25) is 0 Å². The van der Waals surface area contributed by atoms with E-state index < -0.39 is 10.0 Å². The highest BCUT2D eigenvalue weighted by Gasteiger charge is 2.18. The van der Waals surface area contributed by atoms with Gasteiger partial charge in [-0.25, -0.2) is 13.4 Å². The molecule has 2 aromatic rings. The lowest BCUT2D eigenvalue weighted by Gasteiger charge is -2.18. The molecule has 5 nitrogen and oxygen atoms in total. The van der Waals surface area contributed by atoms with Crippen molar-refractivity contribution in [2.45, 2.75) is 24.7 Å². The Balaban J connectivity index is 1.91. The molecule has 2 N–H and O–H groups in total. The molecule has 0 saturated carbocycles. The lowest BCUT2D eigenvalue weighted by atomic mass is 10.0. The zero-order valence-electron chi connectivity index (χ0n) is 11.0. The van der Waals surface area contributed by atoms with Crippen LogP contribution in [-0.2, 0) is 16.4 Å². The number of benzene rings is 1. The van der Waals surface area contributed by atoms with Crippen molar-refractivity contribution in [2.24, 2.45) is 0 Å². The van der Waals surface area contributed by atoms with Crippen LogP contribution in [0.3, 0.4) is 0 Å². The molecule has 0 bridgehead atoms. The monoisotopic (exact) mass is 309 g/mol. The molecule has 0 unspecified atom stereocenters. The Bertz CT molecular complexity index is 738. The Hall–Kier alpha value is -1.60. The minimum absolute atomic E-state index is 0.263. The van der Waals surface area contributed by atoms with Gasteiger partial charge in [0, 0.05) is 23.3 Å². The first kappa shape index (κ1) is 13.4. The van der Waals surface area contributed by atoms with Gasteiger partial charge < -0.3 is 5.32 Å². The van der Waals surface area contributed by atoms with E-state index >= 15 is 0 Å². The van der Waals surface area contributed by atoms with Crippen molar-refractivity contribution in [3.05, 3.63) is 34.8 Å². The van der Waals surface area contributed by atoms with Gasteiger partial charge >= 0.3 is 0 Å². The molecule has 0 fully saturated rings. The van der Waals surface area contributed by atoms with Gasteiger partial charge in [-0.3, -0.25) is 4.72 Å². The first-order chi connectivity index (χ1) is 9.54. The Kier molecular flexibility index (Phi) is 3.39. The number of anilines is 2. The summed E-state index contributed by atoms with van der Waals surface area (Å²) in [7, 11) is -3.58. The summed E-state index contributed by atoms with van der Waals surface area (Å²) in [4.78, 5) is 5.26.